The molecule has 1 saturated heterocycles. The number of hydrogen-bond donors (Lipinski definition) is 0. The molecule has 5 atom stereocenters. The fourth-order valence-electron chi connectivity index (χ4n) is 5.32. The normalized spacial score (nSPS) is 24.6. The third kappa shape index (κ3) is 4.12. The van der Waals surface area contributed by atoms with Crippen LogP contribution in [0.4, 0.5) is 0 Å². The molecule has 5 rings (SSSR count). The first-order valence-electron chi connectivity index (χ1n) is 11.9. The van der Waals surface area contributed by atoms with Crippen LogP contribution in [-0.2, 0) is 19.1 Å². The van der Waals surface area contributed by atoms with Crippen LogP contribution in [0.3, 0.4) is 0 Å². The summed E-state index contributed by atoms with van der Waals surface area (Å²) in [4.78, 5) is 64.1. The van der Waals surface area contributed by atoms with Gasteiger partial charge in [-0.15, -0.1) is 0 Å². The molecule has 0 aromatic heterocycles. The van der Waals surface area contributed by atoms with E-state index >= 15 is 0 Å². The SMILES string of the molecule is Cc1ccc(C(=O)Oc2ccc(C(=O)COC(=O)C(C)N3C(=O)C4C5C=CC(C5)C4C3=O)cc2)cc1. The Morgan fingerprint density at radius 3 is 2.03 bits per heavy atom. The quantitative estimate of drug-likeness (QED) is 0.194. The Morgan fingerprint density at radius 1 is 0.889 bits per heavy atom. The van der Waals surface area contributed by atoms with Gasteiger partial charge in [-0.3, -0.25) is 19.3 Å². The van der Waals surface area contributed by atoms with Crippen molar-refractivity contribution in [1.82, 2.24) is 4.90 Å². The number of nitrogens with zero attached hydrogens (tertiary/aromatic N) is 1. The summed E-state index contributed by atoms with van der Waals surface area (Å²) in [7, 11) is 0. The van der Waals surface area contributed by atoms with Crippen molar-refractivity contribution in [1.29, 1.82) is 0 Å². The summed E-state index contributed by atoms with van der Waals surface area (Å²) in [6.07, 6.45) is 4.77. The number of carbonyl (C=O) groups is 5. The number of aryl methyl sites for hydroxylation is 1. The summed E-state index contributed by atoms with van der Waals surface area (Å²) in [5.41, 5.74) is 1.69. The predicted octanol–water partition coefficient (Wildman–Crippen LogP) is 3.14. The zero-order valence-corrected chi connectivity index (χ0v) is 19.9. The van der Waals surface area contributed by atoms with E-state index in [0.29, 0.717) is 5.56 Å². The lowest BCUT2D eigenvalue weighted by Crippen LogP contribution is -2.45. The first-order chi connectivity index (χ1) is 17.2. The number of hydrogen-bond acceptors (Lipinski definition) is 7. The number of allylic oxidation sites excluding steroid dienone is 2. The minimum atomic E-state index is -1.11. The molecule has 36 heavy (non-hydrogen) atoms. The largest absolute Gasteiger partial charge is 0.456 e. The highest BCUT2D eigenvalue weighted by Gasteiger charge is 2.60. The molecule has 2 aliphatic carbocycles. The van der Waals surface area contributed by atoms with Gasteiger partial charge in [0.25, 0.3) is 0 Å². The van der Waals surface area contributed by atoms with Gasteiger partial charge in [0.1, 0.15) is 11.8 Å². The van der Waals surface area contributed by atoms with Crippen LogP contribution in [0.5, 0.6) is 5.75 Å². The van der Waals surface area contributed by atoms with E-state index in [1.807, 2.05) is 31.2 Å². The van der Waals surface area contributed by atoms with E-state index in [1.54, 1.807) is 12.1 Å². The summed E-state index contributed by atoms with van der Waals surface area (Å²) < 4.78 is 10.5. The van der Waals surface area contributed by atoms with Gasteiger partial charge in [-0.25, -0.2) is 9.59 Å². The van der Waals surface area contributed by atoms with Gasteiger partial charge in [0, 0.05) is 5.56 Å². The molecule has 2 fully saturated rings. The fourth-order valence-corrected chi connectivity index (χ4v) is 5.32. The molecular formula is C28H25NO7. The highest BCUT2D eigenvalue weighted by atomic mass is 16.5. The first-order valence-corrected chi connectivity index (χ1v) is 11.9. The van der Waals surface area contributed by atoms with Crippen LogP contribution in [-0.4, -0.2) is 47.1 Å². The van der Waals surface area contributed by atoms with E-state index in [2.05, 4.69) is 0 Å². The Morgan fingerprint density at radius 2 is 1.44 bits per heavy atom. The average Bonchev–Trinajstić information content (AvgIpc) is 3.56. The lowest BCUT2D eigenvalue weighted by atomic mass is 9.85. The molecular weight excluding hydrogens is 462 g/mol. The van der Waals surface area contributed by atoms with E-state index < -0.39 is 42.2 Å². The Balaban J connectivity index is 1.15. The number of ether oxygens (including phenoxy) is 2. The van der Waals surface area contributed by atoms with E-state index in [-0.39, 0.29) is 35.0 Å². The number of likely N-dealkylation sites (tertiary alicyclic amines) is 1. The molecule has 2 aromatic rings. The van der Waals surface area contributed by atoms with Gasteiger partial charge in [-0.1, -0.05) is 29.8 Å². The third-order valence-electron chi connectivity index (χ3n) is 7.25. The number of rotatable bonds is 7. The van der Waals surface area contributed by atoms with Gasteiger partial charge in [-0.2, -0.15) is 0 Å². The van der Waals surface area contributed by atoms with E-state index in [4.69, 9.17) is 9.47 Å². The summed E-state index contributed by atoms with van der Waals surface area (Å²) in [6, 6.07) is 11.7. The Kier molecular flexibility index (Phi) is 6.04. The van der Waals surface area contributed by atoms with Crippen molar-refractivity contribution in [2.24, 2.45) is 23.7 Å². The molecule has 2 amide bonds. The molecule has 0 spiro atoms. The molecule has 1 aliphatic heterocycles. The van der Waals surface area contributed by atoms with Gasteiger partial charge in [0.05, 0.1) is 17.4 Å². The predicted molar refractivity (Wildman–Crippen MR) is 127 cm³/mol. The number of imide groups is 1. The van der Waals surface area contributed by atoms with Crippen molar-refractivity contribution in [3.05, 3.63) is 77.4 Å². The summed E-state index contributed by atoms with van der Waals surface area (Å²) in [6.45, 7) is 2.82. The summed E-state index contributed by atoms with van der Waals surface area (Å²) >= 11 is 0. The van der Waals surface area contributed by atoms with Crippen LogP contribution in [0.2, 0.25) is 0 Å². The second kappa shape index (κ2) is 9.18. The number of Topliss-reactive ketones (excluding diaryl/α,β-unsaturated/α-hetero) is 1. The van der Waals surface area contributed by atoms with Crippen LogP contribution >= 0.6 is 0 Å². The van der Waals surface area contributed by atoms with E-state index in [0.717, 1.165) is 16.9 Å². The maximum Gasteiger partial charge on any atom is 0.343 e. The van der Waals surface area contributed by atoms with Crippen LogP contribution in [0.25, 0.3) is 0 Å². The second-order valence-electron chi connectivity index (χ2n) is 9.53. The minimum Gasteiger partial charge on any atom is -0.456 e. The molecule has 184 valence electrons. The standard InChI is InChI=1S/C28H25NO7/c1-15-3-5-18(6-4-15)28(34)36-21-11-9-17(10-12-21)22(30)14-35-27(33)16(2)29-25(31)23-19-7-8-20(13-19)24(23)26(29)32/h3-12,16,19-20,23-24H,13-14H2,1-2H3. The van der Waals surface area contributed by atoms with Gasteiger partial charge in [0.2, 0.25) is 11.8 Å². The topological polar surface area (TPSA) is 107 Å². The molecule has 2 bridgehead atoms. The van der Waals surface area contributed by atoms with Crippen molar-refractivity contribution in [2.45, 2.75) is 26.3 Å². The highest BCUT2D eigenvalue weighted by Crippen LogP contribution is 2.52. The number of fused-ring (bicyclic) bond motifs is 5. The molecule has 1 saturated carbocycles. The lowest BCUT2D eigenvalue weighted by molar-refractivity contribution is -0.157. The highest BCUT2D eigenvalue weighted by molar-refractivity contribution is 6.09. The van der Waals surface area contributed by atoms with Crippen LogP contribution in [0.15, 0.2) is 60.7 Å². The maximum absolute atomic E-state index is 12.9. The Hall–Kier alpha value is -4.07. The number of amides is 2. The van der Waals surface area contributed by atoms with Gasteiger partial charge in [-0.05, 0) is 68.5 Å². The first kappa shape index (κ1) is 23.7. The zero-order chi connectivity index (χ0) is 25.6. The van der Waals surface area contributed by atoms with Crippen molar-refractivity contribution in [3.8, 4) is 5.75 Å². The molecule has 0 radical (unpaired) electrons. The van der Waals surface area contributed by atoms with Gasteiger partial charge in [0.15, 0.2) is 12.4 Å². The van der Waals surface area contributed by atoms with E-state index in [9.17, 15) is 24.0 Å². The fraction of sp³-hybridized carbons (Fsp3) is 0.321. The smallest absolute Gasteiger partial charge is 0.343 e. The monoisotopic (exact) mass is 487 g/mol. The lowest BCUT2D eigenvalue weighted by Gasteiger charge is -2.23. The average molecular weight is 488 g/mol. The molecule has 5 unspecified atom stereocenters. The maximum atomic E-state index is 12.9. The summed E-state index contributed by atoms with van der Waals surface area (Å²) in [5, 5.41) is 0. The van der Waals surface area contributed by atoms with Crippen molar-refractivity contribution in [3.63, 3.8) is 0 Å². The molecule has 8 heteroatoms. The molecule has 2 aromatic carbocycles. The molecule has 8 nitrogen and oxygen atoms in total. The Labute approximate surface area is 207 Å². The van der Waals surface area contributed by atoms with Crippen molar-refractivity contribution in [2.75, 3.05) is 6.61 Å². The van der Waals surface area contributed by atoms with E-state index in [1.165, 1.54) is 31.2 Å². The van der Waals surface area contributed by atoms with Gasteiger partial charge < -0.3 is 9.47 Å². The number of carbonyl (C=O) groups excluding carboxylic acids is 5. The van der Waals surface area contributed by atoms with Crippen LogP contribution in [0, 0.1) is 30.6 Å². The van der Waals surface area contributed by atoms with Crippen LogP contribution < -0.4 is 4.74 Å². The van der Waals surface area contributed by atoms with Crippen molar-refractivity contribution >= 4 is 29.5 Å². The van der Waals surface area contributed by atoms with Crippen LogP contribution in [0.1, 0.15) is 39.6 Å². The molecule has 3 aliphatic rings. The number of esters is 2. The number of ketones is 1. The third-order valence-corrected chi connectivity index (χ3v) is 7.25. The second-order valence-corrected chi connectivity index (χ2v) is 9.53. The minimum absolute atomic E-state index is 0.0467. The van der Waals surface area contributed by atoms with Gasteiger partial charge >= 0.3 is 11.9 Å². The zero-order valence-electron chi connectivity index (χ0n) is 19.9. The molecule has 1 heterocycles. The molecule has 0 N–H and O–H groups in total. The number of benzene rings is 2. The van der Waals surface area contributed by atoms with Crippen molar-refractivity contribution < 1.29 is 33.4 Å². The Bertz CT molecular complexity index is 1250. The summed E-state index contributed by atoms with van der Waals surface area (Å²) in [5.74, 6) is -2.92.